The maximum atomic E-state index is 13.3. The summed E-state index contributed by atoms with van der Waals surface area (Å²) in [5, 5.41) is 5.50. The number of carbonyl (C=O) groups is 3. The molecule has 0 spiro atoms. The van der Waals surface area contributed by atoms with Crippen LogP contribution in [0.3, 0.4) is 0 Å². The summed E-state index contributed by atoms with van der Waals surface area (Å²) < 4.78 is 23.7. The molecule has 0 radical (unpaired) electrons. The Hall–Kier alpha value is -2.14. The van der Waals surface area contributed by atoms with Crippen molar-refractivity contribution in [2.45, 2.75) is 69.3 Å². The van der Waals surface area contributed by atoms with E-state index in [1.54, 1.807) is 30.3 Å². The van der Waals surface area contributed by atoms with Gasteiger partial charge in [-0.2, -0.15) is 0 Å². The van der Waals surface area contributed by atoms with Crippen LogP contribution in [0.5, 0.6) is 0 Å². The highest BCUT2D eigenvalue weighted by Gasteiger charge is 2.39. The van der Waals surface area contributed by atoms with E-state index < -0.39 is 43.4 Å². The van der Waals surface area contributed by atoms with Crippen LogP contribution >= 0.6 is 7.60 Å². The summed E-state index contributed by atoms with van der Waals surface area (Å²) in [7, 11) is -4.58. The van der Waals surface area contributed by atoms with Crippen LogP contribution in [0, 0.1) is 0 Å². The maximum Gasteiger partial charge on any atom is 0.351 e. The fraction of sp³-hybridized carbons (Fsp3) is 0.609. The van der Waals surface area contributed by atoms with Gasteiger partial charge in [0.05, 0.1) is 0 Å². The number of nitrogens with one attached hydrogen (secondary N) is 2. The number of rotatable bonds is 15. The van der Waals surface area contributed by atoms with Gasteiger partial charge in [-0.1, -0.05) is 18.2 Å². The van der Waals surface area contributed by atoms with Crippen molar-refractivity contribution in [2.24, 2.45) is 11.5 Å². The Labute approximate surface area is 205 Å². The molecule has 11 nitrogen and oxygen atoms in total. The number of benzene rings is 1. The van der Waals surface area contributed by atoms with Crippen LogP contribution in [-0.2, 0) is 23.4 Å². The molecule has 0 aromatic heterocycles. The summed E-state index contributed by atoms with van der Waals surface area (Å²) in [5.41, 5.74) is 11.4. The molecule has 4 atom stereocenters. The van der Waals surface area contributed by atoms with Crippen molar-refractivity contribution in [1.29, 1.82) is 0 Å². The molecule has 1 aromatic rings. The van der Waals surface area contributed by atoms with E-state index in [1.165, 1.54) is 0 Å². The van der Waals surface area contributed by atoms with E-state index in [1.807, 2.05) is 0 Å². The molecule has 1 aliphatic heterocycles. The van der Waals surface area contributed by atoms with Crippen molar-refractivity contribution in [2.75, 3.05) is 19.6 Å². The molecular formula is C23H37N4O7P. The van der Waals surface area contributed by atoms with Crippen molar-refractivity contribution < 1.29 is 33.1 Å². The largest absolute Gasteiger partial charge is 0.390 e. The van der Waals surface area contributed by atoms with Gasteiger partial charge in [0.2, 0.25) is 0 Å². The molecule has 3 unspecified atom stereocenters. The first-order chi connectivity index (χ1) is 16.8. The summed E-state index contributed by atoms with van der Waals surface area (Å²) in [5.74, 6) is -3.61. The average molecular weight is 513 g/mol. The van der Waals surface area contributed by atoms with Gasteiger partial charge in [0, 0.05) is 5.56 Å². The normalized spacial score (nSPS) is 18.9. The van der Waals surface area contributed by atoms with Gasteiger partial charge in [-0.15, -0.1) is 0 Å². The molecule has 1 aliphatic rings. The number of carbonyl (C=O) groups excluding carboxylic acids is 3. The molecule has 0 aliphatic carbocycles. The van der Waals surface area contributed by atoms with Crippen LogP contribution in [0.1, 0.15) is 61.7 Å². The number of hydrogen-bond acceptors (Lipinski definition) is 9. The summed E-state index contributed by atoms with van der Waals surface area (Å²) in [4.78, 5) is 48.6. The molecule has 2 rings (SSSR count). The Balaban J connectivity index is 2.15. The Morgan fingerprint density at radius 1 is 1.09 bits per heavy atom. The van der Waals surface area contributed by atoms with Gasteiger partial charge in [0.15, 0.2) is 6.10 Å². The van der Waals surface area contributed by atoms with E-state index in [0.29, 0.717) is 57.3 Å². The fourth-order valence-electron chi connectivity index (χ4n) is 3.69. The van der Waals surface area contributed by atoms with Crippen molar-refractivity contribution >= 4 is 25.4 Å². The topological polar surface area (TPSA) is 183 Å². The highest BCUT2D eigenvalue weighted by molar-refractivity contribution is 7.53. The van der Waals surface area contributed by atoms with Crippen molar-refractivity contribution in [1.82, 2.24) is 10.6 Å². The highest BCUT2D eigenvalue weighted by Crippen LogP contribution is 2.50. The van der Waals surface area contributed by atoms with Gasteiger partial charge in [0.1, 0.15) is 11.8 Å². The number of hydrogen-bond donors (Lipinski definition) is 5. The molecule has 0 saturated carbocycles. The second kappa shape index (κ2) is 15.1. The minimum Gasteiger partial charge on any atom is -0.390 e. The van der Waals surface area contributed by atoms with Crippen molar-refractivity contribution in [3.8, 4) is 0 Å². The molecular weight excluding hydrogens is 475 g/mol. The third-order valence-corrected chi connectivity index (χ3v) is 7.40. The van der Waals surface area contributed by atoms with Gasteiger partial charge in [0.25, 0.3) is 5.91 Å². The second-order valence-corrected chi connectivity index (χ2v) is 10.4. The second-order valence-electron chi connectivity index (χ2n) is 8.47. The lowest BCUT2D eigenvalue weighted by atomic mass is 10.1. The van der Waals surface area contributed by atoms with Gasteiger partial charge in [-0.25, -0.2) is 9.59 Å². The lowest BCUT2D eigenvalue weighted by Crippen LogP contribution is -2.39. The first-order valence-electron chi connectivity index (χ1n) is 12.0. The van der Waals surface area contributed by atoms with E-state index in [9.17, 15) is 23.8 Å². The first-order valence-corrected chi connectivity index (χ1v) is 13.7. The zero-order valence-electron chi connectivity index (χ0n) is 19.9. The zero-order valence-corrected chi connectivity index (χ0v) is 20.8. The molecule has 1 aromatic carbocycles. The summed E-state index contributed by atoms with van der Waals surface area (Å²) in [6, 6.07) is 7.64. The van der Waals surface area contributed by atoms with Crippen LogP contribution in [0.25, 0.3) is 0 Å². The Morgan fingerprint density at radius 2 is 1.74 bits per heavy atom. The Kier molecular flexibility index (Phi) is 12.5. The number of nitrogens with two attached hydrogens (primary N) is 2. The van der Waals surface area contributed by atoms with Crippen LogP contribution < -0.4 is 22.1 Å². The molecule has 196 valence electrons. The standard InChI is InChI=1S/C23H37N4O7P/c24-14-6-4-12-19(23(30)33-22(29)18-11-8-16-26-18)34-35(31,32)20(13-5-7-15-25)27-21(28)17-9-2-1-3-10-17/h1-3,9-10,18-20,26H,4-8,11-16,24-25H2,(H,27,28)(H,31,32)/t18-,19?,20?/m0/s1. The van der Waals surface area contributed by atoms with Crippen LogP contribution in [0.4, 0.5) is 0 Å². The Morgan fingerprint density at radius 3 is 2.34 bits per heavy atom. The predicted octanol–water partition coefficient (Wildman–Crippen LogP) is 1.39. The van der Waals surface area contributed by atoms with Crippen molar-refractivity contribution in [3.05, 3.63) is 35.9 Å². The van der Waals surface area contributed by atoms with E-state index >= 15 is 0 Å². The van der Waals surface area contributed by atoms with E-state index in [4.69, 9.17) is 20.7 Å². The quantitative estimate of drug-likeness (QED) is 0.0996. The molecule has 1 saturated heterocycles. The van der Waals surface area contributed by atoms with Crippen LogP contribution in [0.15, 0.2) is 30.3 Å². The molecule has 12 heteroatoms. The first kappa shape index (κ1) is 29.1. The van der Waals surface area contributed by atoms with E-state index in [-0.39, 0.29) is 12.8 Å². The van der Waals surface area contributed by atoms with Gasteiger partial charge < -0.3 is 31.7 Å². The summed E-state index contributed by atoms with van der Waals surface area (Å²) in [6.07, 6.45) is 1.99. The number of ether oxygens (including phenoxy) is 1. The molecule has 1 fully saturated rings. The van der Waals surface area contributed by atoms with E-state index in [2.05, 4.69) is 10.6 Å². The average Bonchev–Trinajstić information content (AvgIpc) is 3.38. The minimum absolute atomic E-state index is 0.0358. The van der Waals surface area contributed by atoms with Crippen LogP contribution in [0.2, 0.25) is 0 Å². The lowest BCUT2D eigenvalue weighted by Gasteiger charge is -2.27. The zero-order chi connectivity index (χ0) is 25.7. The van der Waals surface area contributed by atoms with Crippen LogP contribution in [-0.4, -0.2) is 60.3 Å². The smallest absolute Gasteiger partial charge is 0.351 e. The third kappa shape index (κ3) is 9.79. The summed E-state index contributed by atoms with van der Waals surface area (Å²) in [6.45, 7) is 1.38. The number of amides is 1. The molecule has 0 bridgehead atoms. The van der Waals surface area contributed by atoms with E-state index in [0.717, 1.165) is 6.42 Å². The van der Waals surface area contributed by atoms with Gasteiger partial charge in [-0.3, -0.25) is 13.9 Å². The monoisotopic (exact) mass is 512 g/mol. The molecule has 1 amide bonds. The summed E-state index contributed by atoms with van der Waals surface area (Å²) >= 11 is 0. The molecule has 7 N–H and O–H groups in total. The number of esters is 2. The Bertz CT molecular complexity index is 865. The van der Waals surface area contributed by atoms with Crippen molar-refractivity contribution in [3.63, 3.8) is 0 Å². The van der Waals surface area contributed by atoms with Gasteiger partial charge >= 0.3 is 19.5 Å². The SMILES string of the molecule is NCCCCC(OP(=O)(O)C(CCCCN)NC(=O)c1ccccc1)C(=O)OC(=O)[C@@H]1CCCN1. The lowest BCUT2D eigenvalue weighted by molar-refractivity contribution is -0.166. The predicted molar refractivity (Wildman–Crippen MR) is 130 cm³/mol. The highest BCUT2D eigenvalue weighted by atomic mass is 31.2. The van der Waals surface area contributed by atoms with Gasteiger partial charge in [-0.05, 0) is 83.1 Å². The minimum atomic E-state index is -4.58. The number of unbranched alkanes of at least 4 members (excludes halogenated alkanes) is 2. The fourth-order valence-corrected chi connectivity index (χ4v) is 5.18. The molecule has 1 heterocycles. The third-order valence-electron chi connectivity index (χ3n) is 5.67. The molecule has 35 heavy (non-hydrogen) atoms. The maximum absolute atomic E-state index is 13.3.